The minimum Gasteiger partial charge on any atom is -0.497 e. The van der Waals surface area contributed by atoms with Crippen LogP contribution in [0.3, 0.4) is 0 Å². The van der Waals surface area contributed by atoms with Gasteiger partial charge in [0.05, 0.1) is 14.2 Å². The van der Waals surface area contributed by atoms with Crippen LogP contribution in [-0.2, 0) is 0 Å². The number of ether oxygens (including phenoxy) is 2. The average molecular weight is 310 g/mol. The monoisotopic (exact) mass is 309 g/mol. The van der Waals surface area contributed by atoms with Gasteiger partial charge in [-0.05, 0) is 24.6 Å². The summed E-state index contributed by atoms with van der Waals surface area (Å²) >= 11 is 6.08. The number of nitrogens with one attached hydrogen (secondary N) is 1. The van der Waals surface area contributed by atoms with Gasteiger partial charge >= 0.3 is 0 Å². The van der Waals surface area contributed by atoms with Crippen LogP contribution in [0.25, 0.3) is 0 Å². The van der Waals surface area contributed by atoms with Gasteiger partial charge < -0.3 is 14.8 Å². The van der Waals surface area contributed by atoms with Gasteiger partial charge in [-0.1, -0.05) is 17.7 Å². The third kappa shape index (κ3) is 3.79. The molecule has 0 aliphatic rings. The summed E-state index contributed by atoms with van der Waals surface area (Å²) in [4.78, 5) is 0. The molecule has 2 aromatic carbocycles. The molecular formula is C16H17ClFNO2. The molecule has 0 bridgehead atoms. The Labute approximate surface area is 128 Å². The van der Waals surface area contributed by atoms with E-state index in [-0.39, 0.29) is 11.9 Å². The molecule has 1 atom stereocenters. The van der Waals surface area contributed by atoms with Crippen LogP contribution in [0.4, 0.5) is 10.1 Å². The fraction of sp³-hybridized carbons (Fsp3) is 0.250. The molecule has 0 heterocycles. The van der Waals surface area contributed by atoms with E-state index in [2.05, 4.69) is 5.32 Å². The van der Waals surface area contributed by atoms with Crippen molar-refractivity contribution in [3.63, 3.8) is 0 Å². The molecule has 0 aliphatic carbocycles. The summed E-state index contributed by atoms with van der Waals surface area (Å²) in [5, 5.41) is 3.69. The minimum atomic E-state index is -0.348. The summed E-state index contributed by atoms with van der Waals surface area (Å²) < 4.78 is 23.6. The van der Waals surface area contributed by atoms with Gasteiger partial charge in [-0.15, -0.1) is 0 Å². The van der Waals surface area contributed by atoms with Crippen LogP contribution in [-0.4, -0.2) is 14.2 Å². The van der Waals surface area contributed by atoms with Crippen molar-refractivity contribution in [3.05, 3.63) is 52.8 Å². The highest BCUT2D eigenvalue weighted by molar-refractivity contribution is 6.31. The van der Waals surface area contributed by atoms with Gasteiger partial charge in [0.15, 0.2) is 0 Å². The van der Waals surface area contributed by atoms with E-state index in [0.717, 1.165) is 11.3 Å². The van der Waals surface area contributed by atoms with E-state index in [0.29, 0.717) is 16.5 Å². The third-order valence-electron chi connectivity index (χ3n) is 3.16. The van der Waals surface area contributed by atoms with Gasteiger partial charge in [0.1, 0.15) is 17.3 Å². The number of anilines is 1. The van der Waals surface area contributed by atoms with Crippen molar-refractivity contribution in [1.29, 1.82) is 0 Å². The van der Waals surface area contributed by atoms with E-state index >= 15 is 0 Å². The molecule has 0 fully saturated rings. The zero-order valence-electron chi connectivity index (χ0n) is 12.1. The summed E-state index contributed by atoms with van der Waals surface area (Å²) in [5.74, 6) is 1.03. The first kappa shape index (κ1) is 15.4. The molecule has 2 aromatic rings. The van der Waals surface area contributed by atoms with Gasteiger partial charge in [-0.2, -0.15) is 0 Å². The summed E-state index contributed by atoms with van der Waals surface area (Å²) in [6.07, 6.45) is 0. The highest BCUT2D eigenvalue weighted by Gasteiger charge is 2.11. The lowest BCUT2D eigenvalue weighted by Gasteiger charge is -2.18. The second-order valence-corrected chi connectivity index (χ2v) is 5.04. The van der Waals surface area contributed by atoms with Crippen LogP contribution in [0.2, 0.25) is 5.02 Å². The van der Waals surface area contributed by atoms with Crippen molar-refractivity contribution in [2.45, 2.75) is 13.0 Å². The molecule has 1 N–H and O–H groups in total. The molecule has 5 heteroatoms. The Balaban J connectivity index is 2.24. The van der Waals surface area contributed by atoms with Crippen molar-refractivity contribution < 1.29 is 13.9 Å². The Morgan fingerprint density at radius 2 is 1.67 bits per heavy atom. The Hall–Kier alpha value is -1.94. The summed E-state index contributed by atoms with van der Waals surface area (Å²) in [6, 6.07) is 9.79. The number of halogens is 2. The van der Waals surface area contributed by atoms with Gasteiger partial charge in [0.2, 0.25) is 0 Å². The van der Waals surface area contributed by atoms with Crippen LogP contribution in [0.5, 0.6) is 11.5 Å². The maximum atomic E-state index is 13.1. The molecule has 0 radical (unpaired) electrons. The molecule has 21 heavy (non-hydrogen) atoms. The Kier molecular flexibility index (Phi) is 4.91. The van der Waals surface area contributed by atoms with Gasteiger partial charge in [0, 0.05) is 35.0 Å². The second-order valence-electron chi connectivity index (χ2n) is 4.63. The molecule has 0 aromatic heterocycles. The first-order chi connectivity index (χ1) is 10.0. The number of rotatable bonds is 5. The predicted octanol–water partition coefficient (Wildman–Crippen LogP) is 4.67. The molecule has 3 nitrogen and oxygen atoms in total. The molecule has 0 saturated carbocycles. The minimum absolute atomic E-state index is 0.0880. The van der Waals surface area contributed by atoms with Gasteiger partial charge in [-0.25, -0.2) is 4.39 Å². The highest BCUT2D eigenvalue weighted by atomic mass is 35.5. The topological polar surface area (TPSA) is 30.5 Å². The van der Waals surface area contributed by atoms with E-state index < -0.39 is 0 Å². The number of hydrogen-bond donors (Lipinski definition) is 1. The van der Waals surface area contributed by atoms with Crippen LogP contribution < -0.4 is 14.8 Å². The smallest absolute Gasteiger partial charge is 0.124 e. The Bertz CT molecular complexity index is 611. The quantitative estimate of drug-likeness (QED) is 0.870. The van der Waals surface area contributed by atoms with E-state index in [1.807, 2.05) is 19.1 Å². The first-order valence-electron chi connectivity index (χ1n) is 6.48. The van der Waals surface area contributed by atoms with E-state index in [1.165, 1.54) is 12.1 Å². The standard InChI is InChI=1S/C16H17ClFNO2/c1-10(15-5-4-11(18)6-16(15)17)19-12-7-13(20-2)9-14(8-12)21-3/h4-10,19H,1-3H3. The summed E-state index contributed by atoms with van der Waals surface area (Å²) in [5.41, 5.74) is 1.65. The molecule has 1 unspecified atom stereocenters. The zero-order valence-corrected chi connectivity index (χ0v) is 12.9. The van der Waals surface area contributed by atoms with E-state index in [9.17, 15) is 4.39 Å². The highest BCUT2D eigenvalue weighted by Crippen LogP contribution is 2.30. The summed E-state index contributed by atoms with van der Waals surface area (Å²) in [6.45, 7) is 1.95. The van der Waals surface area contributed by atoms with Gasteiger partial charge in [-0.3, -0.25) is 0 Å². The number of methoxy groups -OCH3 is 2. The molecule has 2 rings (SSSR count). The fourth-order valence-electron chi connectivity index (χ4n) is 2.07. The molecule has 112 valence electrons. The van der Waals surface area contributed by atoms with E-state index in [4.69, 9.17) is 21.1 Å². The van der Waals surface area contributed by atoms with Crippen LogP contribution in [0, 0.1) is 5.82 Å². The normalized spacial score (nSPS) is 11.9. The summed E-state index contributed by atoms with van der Waals surface area (Å²) in [7, 11) is 3.19. The van der Waals surface area contributed by atoms with Crippen LogP contribution >= 0.6 is 11.6 Å². The fourth-order valence-corrected chi connectivity index (χ4v) is 2.40. The maximum Gasteiger partial charge on any atom is 0.124 e. The van der Waals surface area contributed by atoms with Crippen LogP contribution in [0.1, 0.15) is 18.5 Å². The average Bonchev–Trinajstić information content (AvgIpc) is 2.46. The van der Waals surface area contributed by atoms with Crippen molar-refractivity contribution in [2.24, 2.45) is 0 Å². The molecule has 0 spiro atoms. The molecular weight excluding hydrogens is 293 g/mol. The van der Waals surface area contributed by atoms with Gasteiger partial charge in [0.25, 0.3) is 0 Å². The maximum absolute atomic E-state index is 13.1. The SMILES string of the molecule is COc1cc(NC(C)c2ccc(F)cc2Cl)cc(OC)c1. The van der Waals surface area contributed by atoms with Crippen molar-refractivity contribution in [3.8, 4) is 11.5 Å². The lowest BCUT2D eigenvalue weighted by molar-refractivity contribution is 0.394. The number of benzene rings is 2. The lowest BCUT2D eigenvalue weighted by atomic mass is 10.1. The van der Waals surface area contributed by atoms with Crippen LogP contribution in [0.15, 0.2) is 36.4 Å². The van der Waals surface area contributed by atoms with E-state index in [1.54, 1.807) is 26.4 Å². The lowest BCUT2D eigenvalue weighted by Crippen LogP contribution is -2.07. The third-order valence-corrected chi connectivity index (χ3v) is 3.49. The molecule has 0 amide bonds. The van der Waals surface area contributed by atoms with Crippen molar-refractivity contribution in [2.75, 3.05) is 19.5 Å². The second kappa shape index (κ2) is 6.68. The Morgan fingerprint density at radius 1 is 1.05 bits per heavy atom. The first-order valence-corrected chi connectivity index (χ1v) is 6.86. The van der Waals surface area contributed by atoms with Crippen molar-refractivity contribution in [1.82, 2.24) is 0 Å². The Morgan fingerprint density at radius 3 is 2.19 bits per heavy atom. The zero-order chi connectivity index (χ0) is 15.4. The predicted molar refractivity (Wildman–Crippen MR) is 83.0 cm³/mol. The molecule has 0 saturated heterocycles. The van der Waals surface area contributed by atoms with Crippen molar-refractivity contribution >= 4 is 17.3 Å². The molecule has 0 aliphatic heterocycles. The number of hydrogen-bond acceptors (Lipinski definition) is 3. The largest absolute Gasteiger partial charge is 0.497 e.